The molecule has 4 bridgehead atoms. The average Bonchev–Trinajstić information content (AvgIpc) is 2.53. The Kier molecular flexibility index (Phi) is 4.39. The summed E-state index contributed by atoms with van der Waals surface area (Å²) in [5.74, 6) is 2.21. The van der Waals surface area contributed by atoms with Gasteiger partial charge in [-0.05, 0) is 99.8 Å². The molecular weight excluding hydrogens is 310 g/mol. The Morgan fingerprint density at radius 1 is 1.12 bits per heavy atom. The van der Waals surface area contributed by atoms with Crippen molar-refractivity contribution in [2.24, 2.45) is 23.2 Å². The van der Waals surface area contributed by atoms with Gasteiger partial charge in [0.1, 0.15) is 0 Å². The number of rotatable bonds is 6. The lowest BCUT2D eigenvalue weighted by atomic mass is 9.48. The maximum Gasteiger partial charge on any atom is 0.335 e. The highest BCUT2D eigenvalue weighted by atomic mass is 16.4. The fourth-order valence-electron chi connectivity index (χ4n) is 6.52. The predicted molar refractivity (Wildman–Crippen MR) is 99.6 cm³/mol. The first-order valence-electron chi connectivity index (χ1n) is 9.95. The molecule has 136 valence electrons. The van der Waals surface area contributed by atoms with Gasteiger partial charge in [0.25, 0.3) is 0 Å². The van der Waals surface area contributed by atoms with Gasteiger partial charge in [-0.25, -0.2) is 4.79 Å². The van der Waals surface area contributed by atoms with Gasteiger partial charge in [-0.3, -0.25) is 4.90 Å². The van der Waals surface area contributed by atoms with Crippen molar-refractivity contribution < 1.29 is 9.90 Å². The van der Waals surface area contributed by atoms with E-state index < -0.39 is 5.97 Å². The Hall–Kier alpha value is -1.35. The molecule has 25 heavy (non-hydrogen) atoms. The first-order chi connectivity index (χ1) is 11.9. The molecule has 1 unspecified atom stereocenters. The van der Waals surface area contributed by atoms with Crippen LogP contribution in [0.5, 0.6) is 0 Å². The van der Waals surface area contributed by atoms with Gasteiger partial charge in [-0.2, -0.15) is 0 Å². The summed E-state index contributed by atoms with van der Waals surface area (Å²) >= 11 is 0. The summed E-state index contributed by atoms with van der Waals surface area (Å²) in [7, 11) is 2.22. The first-order valence-corrected chi connectivity index (χ1v) is 9.95. The fraction of sp³-hybridized carbons (Fsp3) is 0.682. The van der Waals surface area contributed by atoms with Crippen LogP contribution in [0.4, 0.5) is 0 Å². The first kappa shape index (κ1) is 17.1. The van der Waals surface area contributed by atoms with E-state index in [1.54, 1.807) is 12.1 Å². The summed E-state index contributed by atoms with van der Waals surface area (Å²) in [6.07, 6.45) is 10.3. The van der Waals surface area contributed by atoms with E-state index in [1.807, 2.05) is 12.1 Å². The van der Waals surface area contributed by atoms with Gasteiger partial charge in [-0.1, -0.05) is 12.1 Å². The molecule has 4 aliphatic carbocycles. The number of carboxylic acids is 1. The minimum atomic E-state index is -0.852. The number of carbonyl (C=O) groups is 1. The van der Waals surface area contributed by atoms with E-state index in [9.17, 15) is 4.79 Å². The van der Waals surface area contributed by atoms with Gasteiger partial charge < -0.3 is 5.11 Å². The Morgan fingerprint density at radius 3 is 2.12 bits per heavy atom. The molecule has 0 heterocycles. The maximum atomic E-state index is 11.0. The molecule has 4 aliphatic rings. The quantitative estimate of drug-likeness (QED) is 0.807. The van der Waals surface area contributed by atoms with Crippen molar-refractivity contribution in [3.05, 3.63) is 35.4 Å². The van der Waals surface area contributed by atoms with E-state index in [2.05, 4.69) is 18.9 Å². The van der Waals surface area contributed by atoms with Gasteiger partial charge in [0.15, 0.2) is 0 Å². The van der Waals surface area contributed by atoms with Crippen molar-refractivity contribution in [3.8, 4) is 0 Å². The lowest BCUT2D eigenvalue weighted by Crippen LogP contribution is -2.48. The Labute approximate surface area is 151 Å². The molecule has 1 N–H and O–H groups in total. The molecule has 3 nitrogen and oxygen atoms in total. The van der Waals surface area contributed by atoms with Crippen LogP contribution in [0.1, 0.15) is 67.8 Å². The van der Waals surface area contributed by atoms with Gasteiger partial charge in [0.05, 0.1) is 5.56 Å². The second-order valence-electron chi connectivity index (χ2n) is 9.39. The predicted octanol–water partition coefficient (Wildman–Crippen LogP) is 4.81. The molecule has 0 amide bonds. The standard InChI is InChI=1S/C22H31NO2/c1-15(23(2)14-16-3-5-20(6-4-16)21(24)25)10-22-11-17-7-18(12-22)9-19(8-17)13-22/h3-6,15,17-19H,7-14H2,1-2H3,(H,24,25). The lowest BCUT2D eigenvalue weighted by molar-refractivity contribution is -0.0675. The van der Waals surface area contributed by atoms with E-state index in [0.29, 0.717) is 17.0 Å². The van der Waals surface area contributed by atoms with Crippen LogP contribution >= 0.6 is 0 Å². The second-order valence-corrected chi connectivity index (χ2v) is 9.39. The van der Waals surface area contributed by atoms with Crippen LogP contribution in [-0.4, -0.2) is 29.1 Å². The molecular formula is C22H31NO2. The zero-order valence-corrected chi connectivity index (χ0v) is 15.6. The van der Waals surface area contributed by atoms with E-state index >= 15 is 0 Å². The van der Waals surface area contributed by atoms with Gasteiger partial charge in [-0.15, -0.1) is 0 Å². The summed E-state index contributed by atoms with van der Waals surface area (Å²) < 4.78 is 0. The molecule has 1 aromatic carbocycles. The third-order valence-corrected chi connectivity index (χ3v) is 7.28. The normalized spacial score (nSPS) is 34.4. The summed E-state index contributed by atoms with van der Waals surface area (Å²) in [6, 6.07) is 7.93. The monoisotopic (exact) mass is 341 g/mol. The Morgan fingerprint density at radius 2 is 1.64 bits per heavy atom. The van der Waals surface area contributed by atoms with Crippen molar-refractivity contribution >= 4 is 5.97 Å². The minimum Gasteiger partial charge on any atom is -0.478 e. The highest BCUT2D eigenvalue weighted by Gasteiger charge is 2.51. The van der Waals surface area contributed by atoms with E-state index in [1.165, 1.54) is 50.5 Å². The molecule has 3 heteroatoms. The smallest absolute Gasteiger partial charge is 0.335 e. The van der Waals surface area contributed by atoms with Crippen LogP contribution < -0.4 is 0 Å². The van der Waals surface area contributed by atoms with E-state index in [-0.39, 0.29) is 0 Å². The van der Waals surface area contributed by atoms with Crippen LogP contribution in [-0.2, 0) is 6.54 Å². The average molecular weight is 341 g/mol. The molecule has 4 fully saturated rings. The number of hydrogen-bond acceptors (Lipinski definition) is 2. The van der Waals surface area contributed by atoms with Crippen LogP contribution in [0.25, 0.3) is 0 Å². The molecule has 5 rings (SSSR count). The maximum absolute atomic E-state index is 11.0. The van der Waals surface area contributed by atoms with Crippen molar-refractivity contribution in [1.29, 1.82) is 0 Å². The summed E-state index contributed by atoms with van der Waals surface area (Å²) in [5.41, 5.74) is 2.19. The number of carboxylic acid groups (broad SMARTS) is 1. The molecule has 1 atom stereocenters. The van der Waals surface area contributed by atoms with Crippen LogP contribution in [0.2, 0.25) is 0 Å². The topological polar surface area (TPSA) is 40.5 Å². The van der Waals surface area contributed by atoms with Crippen LogP contribution in [0.3, 0.4) is 0 Å². The third kappa shape index (κ3) is 3.48. The molecule has 1 aromatic rings. The molecule has 0 aromatic heterocycles. The van der Waals surface area contributed by atoms with Gasteiger partial charge >= 0.3 is 5.97 Å². The second kappa shape index (κ2) is 6.42. The molecule has 0 saturated heterocycles. The van der Waals surface area contributed by atoms with Crippen molar-refractivity contribution in [3.63, 3.8) is 0 Å². The van der Waals surface area contributed by atoms with Crippen LogP contribution in [0, 0.1) is 23.2 Å². The zero-order chi connectivity index (χ0) is 17.6. The zero-order valence-electron chi connectivity index (χ0n) is 15.6. The lowest BCUT2D eigenvalue weighted by Gasteiger charge is -2.58. The number of benzene rings is 1. The summed E-state index contributed by atoms with van der Waals surface area (Å²) in [4.78, 5) is 13.4. The van der Waals surface area contributed by atoms with Gasteiger partial charge in [0, 0.05) is 12.6 Å². The summed E-state index contributed by atoms with van der Waals surface area (Å²) in [5, 5.41) is 9.03. The number of nitrogens with zero attached hydrogens (tertiary/aromatic N) is 1. The van der Waals surface area contributed by atoms with E-state index in [0.717, 1.165) is 24.3 Å². The minimum absolute atomic E-state index is 0.369. The Bertz CT molecular complexity index is 601. The number of aromatic carboxylic acids is 1. The van der Waals surface area contributed by atoms with Crippen molar-refractivity contribution in [1.82, 2.24) is 4.90 Å². The highest BCUT2D eigenvalue weighted by molar-refractivity contribution is 5.87. The fourth-order valence-corrected chi connectivity index (χ4v) is 6.52. The van der Waals surface area contributed by atoms with E-state index in [4.69, 9.17) is 5.11 Å². The van der Waals surface area contributed by atoms with Crippen LogP contribution in [0.15, 0.2) is 24.3 Å². The number of hydrogen-bond donors (Lipinski definition) is 1. The van der Waals surface area contributed by atoms with Crippen molar-refractivity contribution in [2.45, 2.75) is 64.5 Å². The third-order valence-electron chi connectivity index (χ3n) is 7.28. The molecule has 0 aliphatic heterocycles. The van der Waals surface area contributed by atoms with Gasteiger partial charge in [0.2, 0.25) is 0 Å². The van der Waals surface area contributed by atoms with Crippen molar-refractivity contribution in [2.75, 3.05) is 7.05 Å². The summed E-state index contributed by atoms with van der Waals surface area (Å²) in [6.45, 7) is 3.28. The molecule has 0 radical (unpaired) electrons. The highest BCUT2D eigenvalue weighted by Crippen LogP contribution is 2.61. The largest absolute Gasteiger partial charge is 0.478 e. The SMILES string of the molecule is CC(CC12CC3CC(CC(C3)C1)C2)N(C)Cc1ccc(C(=O)O)cc1. The molecule has 4 saturated carbocycles. The molecule has 0 spiro atoms. The Balaban J connectivity index is 1.37.